The molecule has 0 radical (unpaired) electrons. The average Bonchev–Trinajstić information content (AvgIpc) is 2.64. The van der Waals surface area contributed by atoms with Gasteiger partial charge in [0.05, 0.1) is 11.6 Å². The van der Waals surface area contributed by atoms with Gasteiger partial charge in [0.2, 0.25) is 0 Å². The normalized spacial score (nSPS) is 13.1. The third-order valence-electron chi connectivity index (χ3n) is 2.66. The fraction of sp³-hybridized carbons (Fsp3) is 0.417. The number of unbranched alkanes of at least 4 members (excludes halogenated alkanes) is 1. The number of nitrogens with one attached hydrogen (secondary N) is 1. The number of H-pyrrole nitrogens is 1. The Labute approximate surface area is 92.9 Å². The lowest BCUT2D eigenvalue weighted by molar-refractivity contribution is 0.164. The van der Waals surface area contributed by atoms with Gasteiger partial charge in [-0.05, 0) is 24.1 Å². The van der Waals surface area contributed by atoms with E-state index >= 15 is 0 Å². The zero-order valence-electron chi connectivity index (χ0n) is 9.19. The zero-order valence-corrected chi connectivity index (χ0v) is 9.19. The van der Waals surface area contributed by atoms with Crippen molar-refractivity contribution in [2.45, 2.75) is 32.3 Å². The molecule has 1 aromatic carbocycles. The lowest BCUT2D eigenvalue weighted by Crippen LogP contribution is -1.96. The Morgan fingerprint density at radius 1 is 1.50 bits per heavy atom. The van der Waals surface area contributed by atoms with E-state index in [1.165, 1.54) is 0 Å². The van der Waals surface area contributed by atoms with Crippen LogP contribution in [0.25, 0.3) is 11.1 Å². The minimum absolute atomic E-state index is 0.463. The molecule has 0 aliphatic heterocycles. The number of aliphatic hydroxyl groups is 1. The van der Waals surface area contributed by atoms with Crippen molar-refractivity contribution in [3.05, 3.63) is 34.3 Å². The fourth-order valence-corrected chi connectivity index (χ4v) is 1.73. The van der Waals surface area contributed by atoms with Gasteiger partial charge in [-0.15, -0.1) is 0 Å². The molecule has 0 bridgehead atoms. The number of rotatable bonds is 4. The molecule has 16 heavy (non-hydrogen) atoms. The first-order chi connectivity index (χ1) is 7.70. The number of aromatic amines is 1. The van der Waals surface area contributed by atoms with E-state index in [-0.39, 0.29) is 0 Å². The molecule has 1 aromatic heterocycles. The van der Waals surface area contributed by atoms with Crippen LogP contribution < -0.4 is 5.76 Å². The molecule has 0 aliphatic carbocycles. The molecule has 0 aliphatic rings. The Morgan fingerprint density at radius 3 is 3.06 bits per heavy atom. The third kappa shape index (κ3) is 2.17. The maximum atomic E-state index is 11.0. The highest BCUT2D eigenvalue weighted by Crippen LogP contribution is 2.22. The van der Waals surface area contributed by atoms with Gasteiger partial charge in [0.25, 0.3) is 0 Å². The number of fused-ring (bicyclic) bond motifs is 1. The Hall–Kier alpha value is -1.55. The molecule has 86 valence electrons. The minimum atomic E-state index is -0.482. The molecule has 4 heteroatoms. The molecule has 1 atom stereocenters. The lowest BCUT2D eigenvalue weighted by Gasteiger charge is -2.09. The molecular weight excluding hydrogens is 206 g/mol. The first-order valence-electron chi connectivity index (χ1n) is 5.51. The van der Waals surface area contributed by atoms with Crippen LogP contribution >= 0.6 is 0 Å². The van der Waals surface area contributed by atoms with Crippen molar-refractivity contribution < 1.29 is 9.52 Å². The molecule has 0 fully saturated rings. The van der Waals surface area contributed by atoms with Gasteiger partial charge in [0, 0.05) is 0 Å². The summed E-state index contributed by atoms with van der Waals surface area (Å²) >= 11 is 0. The summed E-state index contributed by atoms with van der Waals surface area (Å²) in [5.74, 6) is -0.463. The van der Waals surface area contributed by atoms with Crippen molar-refractivity contribution in [1.29, 1.82) is 0 Å². The quantitative estimate of drug-likeness (QED) is 0.832. The highest BCUT2D eigenvalue weighted by atomic mass is 16.4. The van der Waals surface area contributed by atoms with Gasteiger partial charge in [0.1, 0.15) is 0 Å². The molecule has 1 unspecified atom stereocenters. The van der Waals surface area contributed by atoms with Crippen LogP contribution in [0.4, 0.5) is 0 Å². The SMILES string of the molecule is CCCCC(O)c1ccc2[nH]c(=O)oc2c1. The van der Waals surface area contributed by atoms with Crippen LogP contribution in [0, 0.1) is 0 Å². The average molecular weight is 221 g/mol. The molecule has 2 N–H and O–H groups in total. The summed E-state index contributed by atoms with van der Waals surface area (Å²) in [5, 5.41) is 9.89. The standard InChI is InChI=1S/C12H15NO3/c1-2-3-4-10(14)8-5-6-9-11(7-8)16-12(15)13-9/h5-7,10,14H,2-4H2,1H3,(H,13,15). The van der Waals surface area contributed by atoms with Crippen molar-refractivity contribution in [1.82, 2.24) is 4.98 Å². The summed E-state index contributed by atoms with van der Waals surface area (Å²) in [6.45, 7) is 2.08. The highest BCUT2D eigenvalue weighted by Gasteiger charge is 2.09. The molecule has 0 saturated heterocycles. The largest absolute Gasteiger partial charge is 0.417 e. The summed E-state index contributed by atoms with van der Waals surface area (Å²) in [7, 11) is 0. The molecule has 0 saturated carbocycles. The maximum Gasteiger partial charge on any atom is 0.417 e. The predicted molar refractivity (Wildman–Crippen MR) is 61.3 cm³/mol. The first kappa shape index (κ1) is 11.0. The molecule has 2 rings (SSSR count). The second-order valence-electron chi connectivity index (χ2n) is 3.93. The zero-order chi connectivity index (χ0) is 11.5. The maximum absolute atomic E-state index is 11.0. The van der Waals surface area contributed by atoms with Crippen LogP contribution in [0.5, 0.6) is 0 Å². The lowest BCUT2D eigenvalue weighted by atomic mass is 10.0. The molecule has 2 aromatic rings. The number of hydrogen-bond donors (Lipinski definition) is 2. The number of benzene rings is 1. The number of aromatic nitrogens is 1. The Balaban J connectivity index is 2.27. The smallest absolute Gasteiger partial charge is 0.408 e. The van der Waals surface area contributed by atoms with E-state index in [1.54, 1.807) is 12.1 Å². The van der Waals surface area contributed by atoms with E-state index in [1.807, 2.05) is 6.07 Å². The van der Waals surface area contributed by atoms with Crippen molar-refractivity contribution >= 4 is 11.1 Å². The summed E-state index contributed by atoms with van der Waals surface area (Å²) in [5.41, 5.74) is 1.96. The molecule has 1 heterocycles. The van der Waals surface area contributed by atoms with E-state index in [4.69, 9.17) is 4.42 Å². The van der Waals surface area contributed by atoms with Gasteiger partial charge in [-0.3, -0.25) is 4.98 Å². The van der Waals surface area contributed by atoms with Gasteiger partial charge in [-0.2, -0.15) is 0 Å². The Kier molecular flexibility index (Phi) is 3.10. The summed E-state index contributed by atoms with van der Waals surface area (Å²) < 4.78 is 4.94. The van der Waals surface area contributed by atoms with Crippen molar-refractivity contribution in [2.75, 3.05) is 0 Å². The van der Waals surface area contributed by atoms with Crippen LogP contribution in [0.3, 0.4) is 0 Å². The molecular formula is C12H15NO3. The van der Waals surface area contributed by atoms with E-state index in [0.717, 1.165) is 24.8 Å². The number of oxazole rings is 1. The summed E-state index contributed by atoms with van der Waals surface area (Å²) in [4.78, 5) is 13.5. The van der Waals surface area contributed by atoms with Crippen molar-refractivity contribution in [3.8, 4) is 0 Å². The van der Waals surface area contributed by atoms with Crippen LogP contribution in [0.15, 0.2) is 27.4 Å². The van der Waals surface area contributed by atoms with Gasteiger partial charge >= 0.3 is 5.76 Å². The van der Waals surface area contributed by atoms with Crippen molar-refractivity contribution in [2.24, 2.45) is 0 Å². The predicted octanol–water partition coefficient (Wildman–Crippen LogP) is 2.34. The van der Waals surface area contributed by atoms with E-state index in [0.29, 0.717) is 11.1 Å². The molecule has 0 spiro atoms. The van der Waals surface area contributed by atoms with Gasteiger partial charge in [-0.1, -0.05) is 25.8 Å². The van der Waals surface area contributed by atoms with Gasteiger partial charge < -0.3 is 9.52 Å². The second kappa shape index (κ2) is 4.53. The van der Waals surface area contributed by atoms with Crippen molar-refractivity contribution in [3.63, 3.8) is 0 Å². The van der Waals surface area contributed by atoms with E-state index in [9.17, 15) is 9.90 Å². The minimum Gasteiger partial charge on any atom is -0.408 e. The van der Waals surface area contributed by atoms with Crippen LogP contribution in [0.1, 0.15) is 37.9 Å². The topological polar surface area (TPSA) is 66.2 Å². The van der Waals surface area contributed by atoms with Crippen LogP contribution in [-0.4, -0.2) is 10.1 Å². The fourth-order valence-electron chi connectivity index (χ4n) is 1.73. The van der Waals surface area contributed by atoms with Crippen LogP contribution in [0.2, 0.25) is 0 Å². The van der Waals surface area contributed by atoms with E-state index < -0.39 is 11.9 Å². The van der Waals surface area contributed by atoms with Gasteiger partial charge in [-0.25, -0.2) is 4.79 Å². The molecule has 4 nitrogen and oxygen atoms in total. The number of hydrogen-bond acceptors (Lipinski definition) is 3. The van der Waals surface area contributed by atoms with Crippen LogP contribution in [-0.2, 0) is 0 Å². The van der Waals surface area contributed by atoms with Gasteiger partial charge in [0.15, 0.2) is 5.58 Å². The summed E-state index contributed by atoms with van der Waals surface area (Å²) in [6.07, 6.45) is 2.29. The Morgan fingerprint density at radius 2 is 2.31 bits per heavy atom. The first-order valence-corrected chi connectivity index (χ1v) is 5.51. The Bertz CT molecular complexity index is 526. The molecule has 0 amide bonds. The number of aliphatic hydroxyl groups excluding tert-OH is 1. The van der Waals surface area contributed by atoms with E-state index in [2.05, 4.69) is 11.9 Å². The summed E-state index contributed by atoms with van der Waals surface area (Å²) in [6, 6.07) is 5.28. The highest BCUT2D eigenvalue weighted by molar-refractivity contribution is 5.72. The third-order valence-corrected chi connectivity index (χ3v) is 2.66. The second-order valence-corrected chi connectivity index (χ2v) is 3.93. The monoisotopic (exact) mass is 221 g/mol.